The van der Waals surface area contributed by atoms with Gasteiger partial charge in [-0.05, 0) is 36.4 Å². The zero-order valence-electron chi connectivity index (χ0n) is 14.4. The summed E-state index contributed by atoms with van der Waals surface area (Å²) in [6.45, 7) is 0. The molecule has 2 aromatic carbocycles. The fraction of sp³-hybridized carbons (Fsp3) is 0.0526. The lowest BCUT2D eigenvalue weighted by Crippen LogP contribution is -2.17. The first-order valence-electron chi connectivity index (χ1n) is 7.97. The van der Waals surface area contributed by atoms with Gasteiger partial charge in [-0.1, -0.05) is 6.07 Å². The number of hydrazone groups is 1. The van der Waals surface area contributed by atoms with E-state index < -0.39 is 10.8 Å². The van der Waals surface area contributed by atoms with Gasteiger partial charge in [0.25, 0.3) is 11.6 Å². The molecule has 8 heteroatoms. The van der Waals surface area contributed by atoms with Crippen LogP contribution in [0.15, 0.2) is 72.1 Å². The van der Waals surface area contributed by atoms with Crippen LogP contribution < -0.4 is 10.2 Å². The van der Waals surface area contributed by atoms with Crippen molar-refractivity contribution >= 4 is 17.8 Å². The van der Waals surface area contributed by atoms with Gasteiger partial charge in [0.2, 0.25) is 0 Å². The Morgan fingerprint density at radius 1 is 1.22 bits per heavy atom. The van der Waals surface area contributed by atoms with E-state index in [-0.39, 0.29) is 11.3 Å². The maximum absolute atomic E-state index is 12.0. The van der Waals surface area contributed by atoms with E-state index >= 15 is 0 Å². The van der Waals surface area contributed by atoms with E-state index in [1.807, 2.05) is 47.3 Å². The Morgan fingerprint density at radius 3 is 2.70 bits per heavy atom. The lowest BCUT2D eigenvalue weighted by molar-refractivity contribution is -0.384. The van der Waals surface area contributed by atoms with E-state index in [1.54, 1.807) is 7.11 Å². The van der Waals surface area contributed by atoms with Gasteiger partial charge in [0.15, 0.2) is 0 Å². The number of rotatable bonds is 6. The molecule has 3 aromatic rings. The molecule has 0 radical (unpaired) electrons. The predicted molar refractivity (Wildman–Crippen MR) is 100 cm³/mol. The first kappa shape index (κ1) is 17.9. The van der Waals surface area contributed by atoms with Crippen molar-refractivity contribution in [2.24, 2.45) is 5.10 Å². The molecule has 1 aromatic heterocycles. The van der Waals surface area contributed by atoms with Crippen molar-refractivity contribution in [2.75, 3.05) is 7.11 Å². The molecule has 0 spiro atoms. The largest absolute Gasteiger partial charge is 0.497 e. The van der Waals surface area contributed by atoms with Crippen molar-refractivity contribution in [3.8, 4) is 11.4 Å². The summed E-state index contributed by atoms with van der Waals surface area (Å²) < 4.78 is 7.04. The van der Waals surface area contributed by atoms with Crippen molar-refractivity contribution in [1.29, 1.82) is 0 Å². The van der Waals surface area contributed by atoms with Gasteiger partial charge in [-0.25, -0.2) is 5.43 Å². The number of hydrogen-bond acceptors (Lipinski definition) is 5. The number of carbonyl (C=O) groups excluding carboxylic acids is 1. The maximum atomic E-state index is 12.0. The number of nitrogens with one attached hydrogen (secondary N) is 1. The van der Waals surface area contributed by atoms with E-state index in [2.05, 4.69) is 10.5 Å². The monoisotopic (exact) mass is 364 g/mol. The van der Waals surface area contributed by atoms with Crippen LogP contribution in [0.3, 0.4) is 0 Å². The highest BCUT2D eigenvalue weighted by Gasteiger charge is 2.10. The van der Waals surface area contributed by atoms with Crippen LogP contribution >= 0.6 is 0 Å². The SMILES string of the molecule is COc1ccc(-n2ccc(/C=N\NC(=O)c3cccc([N+](=O)[O-])c3)c2)cc1. The molecule has 136 valence electrons. The van der Waals surface area contributed by atoms with Crippen molar-refractivity contribution in [3.05, 3.63) is 88.2 Å². The van der Waals surface area contributed by atoms with Crippen molar-refractivity contribution < 1.29 is 14.5 Å². The zero-order chi connectivity index (χ0) is 19.2. The van der Waals surface area contributed by atoms with Gasteiger partial charge in [-0.15, -0.1) is 0 Å². The second-order valence-electron chi connectivity index (χ2n) is 5.56. The molecule has 0 unspecified atom stereocenters. The predicted octanol–water partition coefficient (Wildman–Crippen LogP) is 3.16. The third-order valence-electron chi connectivity index (χ3n) is 3.79. The summed E-state index contributed by atoms with van der Waals surface area (Å²) in [7, 11) is 1.61. The lowest BCUT2D eigenvalue weighted by atomic mass is 10.2. The average molecular weight is 364 g/mol. The topological polar surface area (TPSA) is 98.8 Å². The Balaban J connectivity index is 1.64. The molecule has 1 amide bonds. The van der Waals surface area contributed by atoms with Crippen molar-refractivity contribution in [2.45, 2.75) is 0 Å². The number of nitrogens with zero attached hydrogens (tertiary/aromatic N) is 3. The van der Waals surface area contributed by atoms with Gasteiger partial charge >= 0.3 is 0 Å². The molecule has 1 heterocycles. The van der Waals surface area contributed by atoms with E-state index in [0.29, 0.717) is 0 Å². The van der Waals surface area contributed by atoms with E-state index in [4.69, 9.17) is 4.74 Å². The highest BCUT2D eigenvalue weighted by molar-refractivity contribution is 5.95. The van der Waals surface area contributed by atoms with Gasteiger partial charge in [-0.3, -0.25) is 14.9 Å². The summed E-state index contributed by atoms with van der Waals surface area (Å²) in [6.07, 6.45) is 5.21. The summed E-state index contributed by atoms with van der Waals surface area (Å²) >= 11 is 0. The Bertz CT molecular complexity index is 993. The number of ether oxygens (including phenoxy) is 1. The van der Waals surface area contributed by atoms with E-state index in [1.165, 1.54) is 30.5 Å². The Kier molecular flexibility index (Phi) is 5.27. The van der Waals surface area contributed by atoms with Crippen molar-refractivity contribution in [3.63, 3.8) is 0 Å². The molecule has 0 aliphatic carbocycles. The van der Waals surface area contributed by atoms with Crippen LogP contribution in [-0.2, 0) is 0 Å². The first-order chi connectivity index (χ1) is 13.1. The summed E-state index contributed by atoms with van der Waals surface area (Å²) in [5.41, 5.74) is 4.11. The number of aromatic nitrogens is 1. The summed E-state index contributed by atoms with van der Waals surface area (Å²) in [5.74, 6) is 0.251. The maximum Gasteiger partial charge on any atom is 0.271 e. The molecule has 8 nitrogen and oxygen atoms in total. The van der Waals surface area contributed by atoms with Crippen LogP contribution in [0, 0.1) is 10.1 Å². The number of non-ortho nitro benzene ring substituents is 1. The standard InChI is InChI=1S/C19H16N4O4/c1-27-18-7-5-16(6-8-18)22-10-9-14(13-22)12-20-21-19(24)15-3-2-4-17(11-15)23(25)26/h2-13H,1H3,(H,21,24)/b20-12-. The molecule has 0 bridgehead atoms. The van der Waals surface area contributed by atoms with E-state index in [9.17, 15) is 14.9 Å². The highest BCUT2D eigenvalue weighted by Crippen LogP contribution is 2.16. The Labute approximate surface area is 154 Å². The minimum absolute atomic E-state index is 0.150. The fourth-order valence-electron chi connectivity index (χ4n) is 2.40. The van der Waals surface area contributed by atoms with Gasteiger partial charge in [0, 0.05) is 41.3 Å². The van der Waals surface area contributed by atoms with Gasteiger partial charge in [-0.2, -0.15) is 5.10 Å². The van der Waals surface area contributed by atoms with Gasteiger partial charge in [0.1, 0.15) is 5.75 Å². The number of nitro benzene ring substituents is 1. The zero-order valence-corrected chi connectivity index (χ0v) is 14.4. The first-order valence-corrected chi connectivity index (χ1v) is 7.97. The molecular formula is C19H16N4O4. The smallest absolute Gasteiger partial charge is 0.271 e. The number of amides is 1. The van der Waals surface area contributed by atoms with Gasteiger partial charge in [0.05, 0.1) is 18.2 Å². The second-order valence-corrected chi connectivity index (χ2v) is 5.56. The summed E-state index contributed by atoms with van der Waals surface area (Å²) in [6, 6.07) is 14.9. The number of methoxy groups -OCH3 is 1. The molecule has 0 aliphatic heterocycles. The number of benzene rings is 2. The third kappa shape index (κ3) is 4.37. The van der Waals surface area contributed by atoms with Crippen LogP contribution in [0.1, 0.15) is 15.9 Å². The minimum Gasteiger partial charge on any atom is -0.497 e. The van der Waals surface area contributed by atoms with Crippen LogP contribution in [-0.4, -0.2) is 28.7 Å². The van der Waals surface area contributed by atoms with Crippen molar-refractivity contribution in [1.82, 2.24) is 9.99 Å². The van der Waals surface area contributed by atoms with Crippen LogP contribution in [0.5, 0.6) is 5.75 Å². The third-order valence-corrected chi connectivity index (χ3v) is 3.79. The highest BCUT2D eigenvalue weighted by atomic mass is 16.6. The average Bonchev–Trinajstić information content (AvgIpc) is 3.17. The molecule has 1 N–H and O–H groups in total. The lowest BCUT2D eigenvalue weighted by Gasteiger charge is -2.04. The van der Waals surface area contributed by atoms with Crippen LogP contribution in [0.4, 0.5) is 5.69 Å². The Hall–Kier alpha value is -3.94. The summed E-state index contributed by atoms with van der Waals surface area (Å²) in [5, 5.41) is 14.7. The molecule has 0 atom stereocenters. The Morgan fingerprint density at radius 2 is 2.00 bits per heavy atom. The normalized spacial score (nSPS) is 10.7. The van der Waals surface area contributed by atoms with Crippen LogP contribution in [0.25, 0.3) is 5.69 Å². The van der Waals surface area contributed by atoms with E-state index in [0.717, 1.165) is 17.0 Å². The fourth-order valence-corrected chi connectivity index (χ4v) is 2.40. The molecule has 0 saturated heterocycles. The van der Waals surface area contributed by atoms with Gasteiger partial charge < -0.3 is 9.30 Å². The number of carbonyl (C=O) groups is 1. The van der Waals surface area contributed by atoms with Crippen LogP contribution in [0.2, 0.25) is 0 Å². The number of hydrogen-bond donors (Lipinski definition) is 1. The quantitative estimate of drug-likeness (QED) is 0.412. The summed E-state index contributed by atoms with van der Waals surface area (Å²) in [4.78, 5) is 22.2. The molecule has 27 heavy (non-hydrogen) atoms. The number of nitro groups is 1. The minimum atomic E-state index is -0.554. The molecule has 0 saturated carbocycles. The molecule has 0 aliphatic rings. The second kappa shape index (κ2) is 7.96. The molecule has 3 rings (SSSR count). The molecular weight excluding hydrogens is 348 g/mol. The molecule has 0 fully saturated rings.